The Morgan fingerprint density at radius 3 is 2.62 bits per heavy atom. The first kappa shape index (κ1) is 17.9. The van der Waals surface area contributed by atoms with Gasteiger partial charge in [0.05, 0.1) is 27.9 Å². The number of aromatic amines is 1. The molecule has 2 N–H and O–H groups in total. The minimum absolute atomic E-state index is 0.125. The monoisotopic (exact) mass is 370 g/mol. The number of aromatic nitrogens is 2. The van der Waals surface area contributed by atoms with Crippen LogP contribution in [0, 0.1) is 0 Å². The highest BCUT2D eigenvalue weighted by molar-refractivity contribution is 6.34. The van der Waals surface area contributed by atoms with Gasteiger partial charge >= 0.3 is 0 Å². The zero-order valence-corrected chi connectivity index (χ0v) is 15.3. The van der Waals surface area contributed by atoms with E-state index in [4.69, 9.17) is 11.6 Å². The van der Waals surface area contributed by atoms with E-state index in [1.165, 1.54) is 0 Å². The molecule has 6 nitrogen and oxygen atoms in total. The number of fused-ring (bicyclic) bond motifs is 1. The smallest absolute Gasteiger partial charge is 0.257 e. The van der Waals surface area contributed by atoms with Gasteiger partial charge in [-0.2, -0.15) is 5.10 Å². The average Bonchev–Trinajstić information content (AvgIpc) is 3.11. The summed E-state index contributed by atoms with van der Waals surface area (Å²) in [4.78, 5) is 26.7. The fraction of sp³-hybridized carbons (Fsp3) is 0.211. The van der Waals surface area contributed by atoms with Crippen LogP contribution in [-0.2, 0) is 0 Å². The molecule has 0 saturated carbocycles. The third-order valence-corrected chi connectivity index (χ3v) is 4.54. The van der Waals surface area contributed by atoms with Gasteiger partial charge < -0.3 is 10.2 Å². The summed E-state index contributed by atoms with van der Waals surface area (Å²) >= 11 is 6.27. The molecule has 0 bridgehead atoms. The van der Waals surface area contributed by atoms with Crippen molar-refractivity contribution in [3.8, 4) is 0 Å². The van der Waals surface area contributed by atoms with E-state index in [-0.39, 0.29) is 11.8 Å². The zero-order valence-electron chi connectivity index (χ0n) is 14.5. The van der Waals surface area contributed by atoms with Gasteiger partial charge in [0.15, 0.2) is 0 Å². The lowest BCUT2D eigenvalue weighted by Crippen LogP contribution is -2.30. The number of para-hydroxylation sites is 1. The number of amides is 2. The van der Waals surface area contributed by atoms with Gasteiger partial charge in [-0.3, -0.25) is 14.7 Å². The molecule has 0 spiro atoms. The number of carbonyl (C=O) groups excluding carboxylic acids is 2. The van der Waals surface area contributed by atoms with Crippen LogP contribution in [0.2, 0.25) is 5.02 Å². The molecule has 134 valence electrons. The summed E-state index contributed by atoms with van der Waals surface area (Å²) in [6.45, 7) is 5.05. The first-order valence-corrected chi connectivity index (χ1v) is 8.75. The number of benzene rings is 2. The van der Waals surface area contributed by atoms with Gasteiger partial charge in [0.1, 0.15) is 0 Å². The Morgan fingerprint density at radius 1 is 1.15 bits per heavy atom. The number of hydrogen-bond acceptors (Lipinski definition) is 3. The highest BCUT2D eigenvalue weighted by Gasteiger charge is 2.17. The molecule has 7 heteroatoms. The van der Waals surface area contributed by atoms with Crippen molar-refractivity contribution < 1.29 is 9.59 Å². The van der Waals surface area contributed by atoms with Gasteiger partial charge in [-0.25, -0.2) is 0 Å². The molecule has 3 aromatic rings. The van der Waals surface area contributed by atoms with Crippen molar-refractivity contribution in [1.82, 2.24) is 15.1 Å². The summed E-state index contributed by atoms with van der Waals surface area (Å²) in [5.41, 5.74) is 2.10. The molecule has 0 fully saturated rings. The Labute approximate surface area is 156 Å². The van der Waals surface area contributed by atoms with Crippen molar-refractivity contribution in [2.45, 2.75) is 13.8 Å². The molecular formula is C19H19ClN4O2. The predicted octanol–water partition coefficient (Wildman–Crippen LogP) is 3.95. The molecule has 1 heterocycles. The van der Waals surface area contributed by atoms with E-state index in [9.17, 15) is 9.59 Å². The van der Waals surface area contributed by atoms with Crippen LogP contribution in [0.25, 0.3) is 10.9 Å². The van der Waals surface area contributed by atoms with Gasteiger partial charge in [0.2, 0.25) is 0 Å². The maximum absolute atomic E-state index is 12.6. The Kier molecular flexibility index (Phi) is 5.23. The number of H-pyrrole nitrogens is 1. The topological polar surface area (TPSA) is 78.1 Å². The molecule has 0 atom stereocenters. The molecule has 3 rings (SSSR count). The highest BCUT2D eigenvalue weighted by atomic mass is 35.5. The molecule has 0 saturated heterocycles. The second-order valence-corrected chi connectivity index (χ2v) is 6.17. The molecule has 0 aliphatic heterocycles. The quantitative estimate of drug-likeness (QED) is 0.713. The van der Waals surface area contributed by atoms with E-state index in [1.807, 2.05) is 19.9 Å². The molecule has 0 unspecified atom stereocenters. The molecule has 26 heavy (non-hydrogen) atoms. The lowest BCUT2D eigenvalue weighted by atomic mass is 10.1. The minimum Gasteiger partial charge on any atom is -0.339 e. The van der Waals surface area contributed by atoms with Crippen LogP contribution >= 0.6 is 11.6 Å². The van der Waals surface area contributed by atoms with Crippen LogP contribution in [-0.4, -0.2) is 40.0 Å². The lowest BCUT2D eigenvalue weighted by Gasteiger charge is -2.19. The van der Waals surface area contributed by atoms with Crippen molar-refractivity contribution >= 4 is 40.0 Å². The molecular weight excluding hydrogens is 352 g/mol. The largest absolute Gasteiger partial charge is 0.339 e. The van der Waals surface area contributed by atoms with Gasteiger partial charge in [0, 0.05) is 24.2 Å². The fourth-order valence-corrected chi connectivity index (χ4v) is 3.07. The summed E-state index contributed by atoms with van der Waals surface area (Å²) in [7, 11) is 0. The Morgan fingerprint density at radius 2 is 1.92 bits per heavy atom. The summed E-state index contributed by atoms with van der Waals surface area (Å²) in [5, 5.41) is 10.8. The Bertz CT molecular complexity index is 963. The normalized spacial score (nSPS) is 10.7. The zero-order chi connectivity index (χ0) is 18.7. The number of halogens is 1. The number of hydrogen-bond donors (Lipinski definition) is 2. The number of carbonyl (C=O) groups is 2. The predicted molar refractivity (Wildman–Crippen MR) is 103 cm³/mol. The van der Waals surface area contributed by atoms with Crippen LogP contribution in [0.1, 0.15) is 34.6 Å². The first-order chi connectivity index (χ1) is 12.5. The minimum atomic E-state index is -0.279. The molecule has 0 radical (unpaired) electrons. The van der Waals surface area contributed by atoms with Crippen molar-refractivity contribution in [3.63, 3.8) is 0 Å². The number of anilines is 1. The fourth-order valence-electron chi connectivity index (χ4n) is 2.80. The van der Waals surface area contributed by atoms with Crippen LogP contribution in [0.3, 0.4) is 0 Å². The van der Waals surface area contributed by atoms with Crippen molar-refractivity contribution in [1.29, 1.82) is 0 Å². The summed E-state index contributed by atoms with van der Waals surface area (Å²) in [5.74, 6) is -0.404. The standard InChI is InChI=1S/C19H19ClN4O2/c1-3-24(4-2)19(26)14-9-8-13(10-16(14)20)22-18(25)15-7-5-6-12-11-21-23-17(12)15/h5-11H,3-4H2,1-2H3,(H,21,23)(H,22,25). The van der Waals surface area contributed by atoms with E-state index in [2.05, 4.69) is 15.5 Å². The number of nitrogens with one attached hydrogen (secondary N) is 2. The van der Waals surface area contributed by atoms with Gasteiger partial charge in [-0.1, -0.05) is 23.7 Å². The SMILES string of the molecule is CCN(CC)C(=O)c1ccc(NC(=O)c2cccc3cn[nH]c23)cc1Cl. The van der Waals surface area contributed by atoms with Crippen molar-refractivity contribution in [2.24, 2.45) is 0 Å². The number of nitrogens with zero attached hydrogens (tertiary/aromatic N) is 2. The maximum atomic E-state index is 12.6. The lowest BCUT2D eigenvalue weighted by molar-refractivity contribution is 0.0773. The van der Waals surface area contributed by atoms with E-state index in [1.54, 1.807) is 41.4 Å². The number of rotatable bonds is 5. The summed E-state index contributed by atoms with van der Waals surface area (Å²) in [6, 6.07) is 10.3. The first-order valence-electron chi connectivity index (χ1n) is 8.37. The molecule has 0 aliphatic rings. The van der Waals surface area contributed by atoms with E-state index >= 15 is 0 Å². The summed E-state index contributed by atoms with van der Waals surface area (Å²) < 4.78 is 0. The summed E-state index contributed by atoms with van der Waals surface area (Å²) in [6.07, 6.45) is 1.66. The van der Waals surface area contributed by atoms with Gasteiger partial charge in [0.25, 0.3) is 11.8 Å². The second-order valence-electron chi connectivity index (χ2n) is 5.77. The van der Waals surface area contributed by atoms with E-state index in [0.717, 1.165) is 5.39 Å². The third kappa shape index (κ3) is 3.41. The molecule has 2 amide bonds. The Hall–Kier alpha value is -2.86. The Balaban J connectivity index is 1.83. The van der Waals surface area contributed by atoms with Crippen LogP contribution < -0.4 is 5.32 Å². The van der Waals surface area contributed by atoms with E-state index < -0.39 is 0 Å². The second kappa shape index (κ2) is 7.58. The average molecular weight is 371 g/mol. The maximum Gasteiger partial charge on any atom is 0.257 e. The molecule has 1 aromatic heterocycles. The van der Waals surface area contributed by atoms with Crippen molar-refractivity contribution in [3.05, 3.63) is 58.7 Å². The van der Waals surface area contributed by atoms with Crippen molar-refractivity contribution in [2.75, 3.05) is 18.4 Å². The molecule has 2 aromatic carbocycles. The van der Waals surface area contributed by atoms with E-state index in [0.29, 0.717) is 40.4 Å². The van der Waals surface area contributed by atoms with Crippen LogP contribution in [0.15, 0.2) is 42.6 Å². The van der Waals surface area contributed by atoms with Crippen LogP contribution in [0.4, 0.5) is 5.69 Å². The van der Waals surface area contributed by atoms with Gasteiger partial charge in [-0.05, 0) is 38.1 Å². The van der Waals surface area contributed by atoms with Crippen LogP contribution in [0.5, 0.6) is 0 Å². The highest BCUT2D eigenvalue weighted by Crippen LogP contribution is 2.24. The third-order valence-electron chi connectivity index (χ3n) is 4.23. The molecule has 0 aliphatic carbocycles. The van der Waals surface area contributed by atoms with Gasteiger partial charge in [-0.15, -0.1) is 0 Å².